The number of nitrogens with one attached hydrogen (secondary N) is 2. The molecule has 7 heteroatoms. The molecule has 152 valence electrons. The predicted octanol–water partition coefficient (Wildman–Crippen LogP) is 4.09. The zero-order valence-corrected chi connectivity index (χ0v) is 17.1. The molecule has 0 saturated carbocycles. The van der Waals surface area contributed by atoms with Crippen molar-refractivity contribution in [3.63, 3.8) is 0 Å². The van der Waals surface area contributed by atoms with Gasteiger partial charge in [0.25, 0.3) is 0 Å². The molecule has 0 unspecified atom stereocenters. The van der Waals surface area contributed by atoms with Crippen LogP contribution in [0.1, 0.15) is 16.7 Å². The van der Waals surface area contributed by atoms with Gasteiger partial charge in [0.05, 0.1) is 23.2 Å². The van der Waals surface area contributed by atoms with Gasteiger partial charge in [0, 0.05) is 23.0 Å². The molecule has 6 nitrogen and oxygen atoms in total. The minimum atomic E-state index is -3.25. The number of aromatic nitrogens is 1. The lowest BCUT2D eigenvalue weighted by Gasteiger charge is -2.08. The van der Waals surface area contributed by atoms with Crippen LogP contribution in [-0.2, 0) is 16.6 Å². The highest BCUT2D eigenvalue weighted by Gasteiger charge is 2.18. The molecule has 4 rings (SSSR count). The standard InChI is InChI=1S/C23H21N3O3S/c1-30(28,29)24-15-16-11-13-18(14-12-16)25-22(17-7-3-2-4-8-17)21-19-9-5-6-10-20(19)26-23(21)27/h2-14,24,26-27H,15H2,1H3. The van der Waals surface area contributed by atoms with E-state index in [1.807, 2.05) is 78.9 Å². The van der Waals surface area contributed by atoms with Gasteiger partial charge < -0.3 is 10.1 Å². The zero-order chi connectivity index (χ0) is 21.1. The normalized spacial score (nSPS) is 12.4. The summed E-state index contributed by atoms with van der Waals surface area (Å²) >= 11 is 0. The van der Waals surface area contributed by atoms with Crippen LogP contribution in [0.4, 0.5) is 5.69 Å². The van der Waals surface area contributed by atoms with Crippen LogP contribution in [0.25, 0.3) is 10.9 Å². The van der Waals surface area contributed by atoms with Gasteiger partial charge in [0.1, 0.15) is 0 Å². The Morgan fingerprint density at radius 3 is 2.33 bits per heavy atom. The Balaban J connectivity index is 1.78. The number of sulfonamides is 1. The molecule has 0 radical (unpaired) electrons. The first-order chi connectivity index (χ1) is 14.4. The summed E-state index contributed by atoms with van der Waals surface area (Å²) in [5.41, 5.74) is 4.51. The molecule has 0 spiro atoms. The van der Waals surface area contributed by atoms with Crippen LogP contribution in [-0.4, -0.2) is 30.5 Å². The van der Waals surface area contributed by atoms with E-state index in [2.05, 4.69) is 9.71 Å². The number of benzene rings is 3. The van der Waals surface area contributed by atoms with Crippen LogP contribution in [0.15, 0.2) is 83.9 Å². The maximum absolute atomic E-state index is 11.3. The van der Waals surface area contributed by atoms with E-state index in [4.69, 9.17) is 4.99 Å². The first kappa shape index (κ1) is 19.9. The summed E-state index contributed by atoms with van der Waals surface area (Å²) in [7, 11) is -3.25. The smallest absolute Gasteiger partial charge is 0.209 e. The van der Waals surface area contributed by atoms with Crippen LogP contribution >= 0.6 is 0 Å². The number of aromatic hydroxyl groups is 1. The summed E-state index contributed by atoms with van der Waals surface area (Å²) in [6, 6.07) is 24.7. The van der Waals surface area contributed by atoms with Crippen molar-refractivity contribution < 1.29 is 13.5 Å². The molecule has 3 N–H and O–H groups in total. The lowest BCUT2D eigenvalue weighted by molar-refractivity contribution is 0.457. The zero-order valence-electron chi connectivity index (χ0n) is 16.3. The highest BCUT2D eigenvalue weighted by atomic mass is 32.2. The molecular formula is C23H21N3O3S. The SMILES string of the molecule is CS(=O)(=O)NCc1ccc(N=C(c2ccccc2)c2c(O)[nH]c3ccccc23)cc1. The number of hydrogen-bond donors (Lipinski definition) is 3. The summed E-state index contributed by atoms with van der Waals surface area (Å²) in [6.45, 7) is 0.220. The number of H-pyrrole nitrogens is 1. The number of rotatable bonds is 6. The average molecular weight is 420 g/mol. The minimum absolute atomic E-state index is 0.0628. The maximum Gasteiger partial charge on any atom is 0.209 e. The molecular weight excluding hydrogens is 398 g/mol. The monoisotopic (exact) mass is 419 g/mol. The van der Waals surface area contributed by atoms with Gasteiger partial charge in [-0.15, -0.1) is 0 Å². The van der Waals surface area contributed by atoms with E-state index >= 15 is 0 Å². The van der Waals surface area contributed by atoms with Crippen molar-refractivity contribution in [2.75, 3.05) is 6.26 Å². The first-order valence-corrected chi connectivity index (χ1v) is 11.3. The van der Waals surface area contributed by atoms with E-state index in [0.717, 1.165) is 28.3 Å². The number of para-hydroxylation sites is 1. The molecule has 0 atom stereocenters. The van der Waals surface area contributed by atoms with Gasteiger partial charge in [-0.1, -0.05) is 60.7 Å². The highest BCUT2D eigenvalue weighted by molar-refractivity contribution is 7.88. The van der Waals surface area contributed by atoms with Crippen LogP contribution in [0, 0.1) is 0 Å². The third-order valence-corrected chi connectivity index (χ3v) is 5.35. The van der Waals surface area contributed by atoms with E-state index < -0.39 is 10.0 Å². The molecule has 1 aromatic heterocycles. The Kier molecular flexibility index (Phi) is 5.39. The maximum atomic E-state index is 11.3. The Morgan fingerprint density at radius 1 is 0.967 bits per heavy atom. The number of aliphatic imine (C=N–C) groups is 1. The first-order valence-electron chi connectivity index (χ1n) is 9.38. The van der Waals surface area contributed by atoms with Gasteiger partial charge in [-0.05, 0) is 23.8 Å². The average Bonchev–Trinajstić information content (AvgIpc) is 3.07. The number of hydrogen-bond acceptors (Lipinski definition) is 4. The van der Waals surface area contributed by atoms with Crippen LogP contribution in [0.2, 0.25) is 0 Å². The molecule has 4 aromatic rings. The largest absolute Gasteiger partial charge is 0.494 e. The second kappa shape index (κ2) is 8.14. The predicted molar refractivity (Wildman–Crippen MR) is 120 cm³/mol. The molecule has 0 bridgehead atoms. The Morgan fingerprint density at radius 2 is 1.63 bits per heavy atom. The van der Waals surface area contributed by atoms with Crippen LogP contribution in [0.5, 0.6) is 5.88 Å². The van der Waals surface area contributed by atoms with E-state index in [1.165, 1.54) is 0 Å². The van der Waals surface area contributed by atoms with Crippen molar-refractivity contribution in [1.82, 2.24) is 9.71 Å². The van der Waals surface area contributed by atoms with Crippen LogP contribution in [0.3, 0.4) is 0 Å². The fourth-order valence-corrected chi connectivity index (χ4v) is 3.69. The molecule has 30 heavy (non-hydrogen) atoms. The lowest BCUT2D eigenvalue weighted by Crippen LogP contribution is -2.21. The Labute approximate surface area is 175 Å². The van der Waals surface area contributed by atoms with Gasteiger partial charge in [-0.2, -0.15) is 0 Å². The summed E-state index contributed by atoms with van der Waals surface area (Å²) in [5.74, 6) is 0.0628. The van der Waals surface area contributed by atoms with E-state index in [9.17, 15) is 13.5 Å². The number of aromatic amines is 1. The molecule has 1 heterocycles. The molecule has 0 aliphatic heterocycles. The third-order valence-electron chi connectivity index (χ3n) is 4.69. The fourth-order valence-electron chi connectivity index (χ4n) is 3.26. The molecule has 3 aromatic carbocycles. The topological polar surface area (TPSA) is 94.6 Å². The van der Waals surface area contributed by atoms with Crippen molar-refractivity contribution in [3.8, 4) is 5.88 Å². The summed E-state index contributed by atoms with van der Waals surface area (Å²) in [4.78, 5) is 7.84. The van der Waals surface area contributed by atoms with Gasteiger partial charge in [0.2, 0.25) is 10.0 Å². The quantitative estimate of drug-likeness (QED) is 0.411. The third kappa shape index (κ3) is 4.42. The van der Waals surface area contributed by atoms with Crippen molar-refractivity contribution in [2.45, 2.75) is 6.54 Å². The van der Waals surface area contributed by atoms with Gasteiger partial charge in [-0.3, -0.25) is 0 Å². The Bertz CT molecular complexity index is 1310. The highest BCUT2D eigenvalue weighted by Crippen LogP contribution is 2.31. The summed E-state index contributed by atoms with van der Waals surface area (Å²) in [6.07, 6.45) is 1.13. The van der Waals surface area contributed by atoms with Gasteiger partial charge in [-0.25, -0.2) is 18.1 Å². The minimum Gasteiger partial charge on any atom is -0.494 e. The molecule has 0 saturated heterocycles. The number of nitrogens with zero attached hydrogens (tertiary/aromatic N) is 1. The fraction of sp³-hybridized carbons (Fsp3) is 0.0870. The Hall–Kier alpha value is -3.42. The van der Waals surface area contributed by atoms with Crippen molar-refractivity contribution in [1.29, 1.82) is 0 Å². The molecule has 0 aliphatic carbocycles. The molecule has 0 amide bonds. The van der Waals surface area contributed by atoms with Crippen molar-refractivity contribution in [2.24, 2.45) is 4.99 Å². The second-order valence-corrected chi connectivity index (χ2v) is 8.81. The van der Waals surface area contributed by atoms with Gasteiger partial charge >= 0.3 is 0 Å². The summed E-state index contributed by atoms with van der Waals surface area (Å²) in [5, 5.41) is 11.5. The van der Waals surface area contributed by atoms with E-state index in [0.29, 0.717) is 17.0 Å². The van der Waals surface area contributed by atoms with Gasteiger partial charge in [0.15, 0.2) is 5.88 Å². The van der Waals surface area contributed by atoms with E-state index in [-0.39, 0.29) is 12.4 Å². The second-order valence-electron chi connectivity index (χ2n) is 6.98. The van der Waals surface area contributed by atoms with Crippen molar-refractivity contribution >= 4 is 32.3 Å². The van der Waals surface area contributed by atoms with E-state index in [1.54, 1.807) is 0 Å². The summed E-state index contributed by atoms with van der Waals surface area (Å²) < 4.78 is 25.0. The lowest BCUT2D eigenvalue weighted by atomic mass is 10.0. The number of fused-ring (bicyclic) bond motifs is 1. The van der Waals surface area contributed by atoms with Crippen molar-refractivity contribution in [3.05, 3.63) is 95.6 Å². The molecule has 0 fully saturated rings. The van der Waals surface area contributed by atoms with Crippen LogP contribution < -0.4 is 4.72 Å². The molecule has 0 aliphatic rings.